The SMILES string of the molecule is FC(F)(F)c1cc(CCl)ccc1Oc1cccc(I)c1. The fourth-order valence-corrected chi connectivity index (χ4v) is 2.31. The highest BCUT2D eigenvalue weighted by atomic mass is 127. The van der Waals surface area contributed by atoms with Crippen molar-refractivity contribution < 1.29 is 17.9 Å². The molecule has 20 heavy (non-hydrogen) atoms. The maximum absolute atomic E-state index is 13.0. The molecule has 2 rings (SSSR count). The first kappa shape index (κ1) is 15.4. The van der Waals surface area contributed by atoms with E-state index in [4.69, 9.17) is 16.3 Å². The molecule has 0 aromatic heterocycles. The van der Waals surface area contributed by atoms with Crippen LogP contribution in [0.25, 0.3) is 0 Å². The standard InChI is InChI=1S/C14H9ClF3IO/c15-8-9-4-5-13(12(6-9)14(16,17)18)20-11-3-1-2-10(19)7-11/h1-7H,8H2. The molecule has 2 aromatic rings. The lowest BCUT2D eigenvalue weighted by molar-refractivity contribution is -0.138. The lowest BCUT2D eigenvalue weighted by Gasteiger charge is -2.14. The van der Waals surface area contributed by atoms with Gasteiger partial charge in [-0.1, -0.05) is 12.1 Å². The van der Waals surface area contributed by atoms with Gasteiger partial charge >= 0.3 is 6.18 Å². The zero-order chi connectivity index (χ0) is 14.8. The molecule has 0 saturated carbocycles. The first-order valence-corrected chi connectivity index (χ1v) is 7.21. The van der Waals surface area contributed by atoms with Gasteiger partial charge in [0.05, 0.1) is 5.56 Å². The van der Waals surface area contributed by atoms with Gasteiger partial charge in [0.25, 0.3) is 0 Å². The minimum absolute atomic E-state index is 0.0204. The van der Waals surface area contributed by atoms with Gasteiger partial charge in [-0.25, -0.2) is 0 Å². The van der Waals surface area contributed by atoms with Gasteiger partial charge < -0.3 is 4.74 Å². The molecule has 0 aliphatic heterocycles. The maximum atomic E-state index is 13.0. The zero-order valence-electron chi connectivity index (χ0n) is 10.0. The molecule has 0 saturated heterocycles. The molecule has 6 heteroatoms. The van der Waals surface area contributed by atoms with Crippen LogP contribution in [0.3, 0.4) is 0 Å². The Balaban J connectivity index is 2.41. The molecule has 0 aliphatic rings. The van der Waals surface area contributed by atoms with E-state index in [1.165, 1.54) is 12.1 Å². The summed E-state index contributed by atoms with van der Waals surface area (Å²) < 4.78 is 45.3. The molecule has 0 N–H and O–H groups in total. The van der Waals surface area contributed by atoms with Crippen LogP contribution in [0.5, 0.6) is 11.5 Å². The monoisotopic (exact) mass is 412 g/mol. The topological polar surface area (TPSA) is 9.23 Å². The van der Waals surface area contributed by atoms with Gasteiger partial charge in [0, 0.05) is 9.45 Å². The highest BCUT2D eigenvalue weighted by Crippen LogP contribution is 2.39. The number of rotatable bonds is 3. The summed E-state index contributed by atoms with van der Waals surface area (Å²) in [6.45, 7) is 0. The van der Waals surface area contributed by atoms with E-state index in [1.807, 2.05) is 6.07 Å². The van der Waals surface area contributed by atoms with Crippen molar-refractivity contribution in [2.45, 2.75) is 12.1 Å². The molecule has 1 nitrogen and oxygen atoms in total. The van der Waals surface area contributed by atoms with Crippen molar-refractivity contribution in [2.24, 2.45) is 0 Å². The number of benzene rings is 2. The molecule has 106 valence electrons. The van der Waals surface area contributed by atoms with Gasteiger partial charge in [0.2, 0.25) is 0 Å². The van der Waals surface area contributed by atoms with Crippen molar-refractivity contribution in [3.8, 4) is 11.5 Å². The normalized spacial score (nSPS) is 11.4. The third-order valence-corrected chi connectivity index (χ3v) is 3.51. The van der Waals surface area contributed by atoms with Crippen LogP contribution in [0, 0.1) is 3.57 Å². The fourth-order valence-electron chi connectivity index (χ4n) is 1.63. The predicted molar refractivity (Wildman–Crippen MR) is 80.2 cm³/mol. The summed E-state index contributed by atoms with van der Waals surface area (Å²) >= 11 is 7.64. The van der Waals surface area contributed by atoms with Gasteiger partial charge in [-0.2, -0.15) is 13.2 Å². The van der Waals surface area contributed by atoms with Crippen LogP contribution in [0.2, 0.25) is 0 Å². The largest absolute Gasteiger partial charge is 0.457 e. The van der Waals surface area contributed by atoms with Crippen molar-refractivity contribution in [1.29, 1.82) is 0 Å². The highest BCUT2D eigenvalue weighted by Gasteiger charge is 2.34. The van der Waals surface area contributed by atoms with Crippen LogP contribution in [0.15, 0.2) is 42.5 Å². The molecular formula is C14H9ClF3IO. The lowest BCUT2D eigenvalue weighted by Crippen LogP contribution is -2.07. The van der Waals surface area contributed by atoms with E-state index >= 15 is 0 Å². The minimum Gasteiger partial charge on any atom is -0.457 e. The van der Waals surface area contributed by atoms with Gasteiger partial charge in [0.1, 0.15) is 11.5 Å². The van der Waals surface area contributed by atoms with Crippen LogP contribution in [-0.4, -0.2) is 0 Å². The molecule has 0 amide bonds. The predicted octanol–water partition coefficient (Wildman–Crippen LogP) is 5.84. The molecule has 0 fully saturated rings. The van der Waals surface area contributed by atoms with Crippen LogP contribution in [-0.2, 0) is 12.1 Å². The van der Waals surface area contributed by atoms with E-state index in [0.717, 1.165) is 9.64 Å². The third-order valence-electron chi connectivity index (χ3n) is 2.53. The minimum atomic E-state index is -4.49. The molecule has 0 bridgehead atoms. The summed E-state index contributed by atoms with van der Waals surface area (Å²) in [7, 11) is 0. The lowest BCUT2D eigenvalue weighted by atomic mass is 10.1. The van der Waals surface area contributed by atoms with Crippen LogP contribution in [0.1, 0.15) is 11.1 Å². The second-order valence-corrected chi connectivity index (χ2v) is 5.53. The van der Waals surface area contributed by atoms with E-state index in [1.54, 1.807) is 18.2 Å². The molecule has 0 radical (unpaired) electrons. The summed E-state index contributed by atoms with van der Waals surface area (Å²) in [6, 6.07) is 10.6. The Morgan fingerprint density at radius 1 is 1.10 bits per heavy atom. The number of alkyl halides is 4. The van der Waals surface area contributed by atoms with Crippen molar-refractivity contribution in [1.82, 2.24) is 0 Å². The average Bonchev–Trinajstić information content (AvgIpc) is 2.38. The summed E-state index contributed by atoms with van der Waals surface area (Å²) in [4.78, 5) is 0. The van der Waals surface area contributed by atoms with Gasteiger partial charge in [-0.05, 0) is 58.5 Å². The van der Waals surface area contributed by atoms with Crippen molar-refractivity contribution >= 4 is 34.2 Å². The van der Waals surface area contributed by atoms with Gasteiger partial charge in [-0.15, -0.1) is 11.6 Å². The summed E-state index contributed by atoms with van der Waals surface area (Å²) in [6.07, 6.45) is -4.49. The van der Waals surface area contributed by atoms with E-state index in [-0.39, 0.29) is 11.6 Å². The van der Waals surface area contributed by atoms with Crippen LogP contribution < -0.4 is 4.74 Å². The highest BCUT2D eigenvalue weighted by molar-refractivity contribution is 14.1. The Labute approximate surface area is 132 Å². The Kier molecular flexibility index (Phi) is 4.80. The second kappa shape index (κ2) is 6.22. The van der Waals surface area contributed by atoms with Crippen molar-refractivity contribution in [2.75, 3.05) is 0 Å². The van der Waals surface area contributed by atoms with Crippen LogP contribution >= 0.6 is 34.2 Å². The maximum Gasteiger partial charge on any atom is 0.419 e. The van der Waals surface area contributed by atoms with Crippen molar-refractivity contribution in [3.05, 3.63) is 57.2 Å². The fraction of sp³-hybridized carbons (Fsp3) is 0.143. The first-order chi connectivity index (χ1) is 9.40. The van der Waals surface area contributed by atoms with E-state index < -0.39 is 11.7 Å². The number of hydrogen-bond acceptors (Lipinski definition) is 1. The molecule has 0 unspecified atom stereocenters. The quantitative estimate of drug-likeness (QED) is 0.454. The van der Waals surface area contributed by atoms with E-state index in [0.29, 0.717) is 11.3 Å². The first-order valence-electron chi connectivity index (χ1n) is 5.59. The number of halogens is 5. The molecule has 0 spiro atoms. The number of hydrogen-bond donors (Lipinski definition) is 0. The summed E-state index contributed by atoms with van der Waals surface area (Å²) in [5.41, 5.74) is -0.427. The Bertz CT molecular complexity index is 614. The Hall–Kier alpha value is -0.950. The second-order valence-electron chi connectivity index (χ2n) is 4.02. The van der Waals surface area contributed by atoms with Gasteiger partial charge in [0.15, 0.2) is 0 Å². The van der Waals surface area contributed by atoms with Crippen molar-refractivity contribution in [3.63, 3.8) is 0 Å². The molecule has 0 heterocycles. The Morgan fingerprint density at radius 2 is 1.85 bits per heavy atom. The van der Waals surface area contributed by atoms with Crippen LogP contribution in [0.4, 0.5) is 13.2 Å². The molecule has 0 atom stereocenters. The molecular weight excluding hydrogens is 404 g/mol. The summed E-state index contributed by atoms with van der Waals surface area (Å²) in [5, 5.41) is 0. The number of ether oxygens (including phenoxy) is 1. The molecule has 0 aliphatic carbocycles. The Morgan fingerprint density at radius 3 is 2.45 bits per heavy atom. The van der Waals surface area contributed by atoms with Gasteiger partial charge in [-0.3, -0.25) is 0 Å². The third kappa shape index (κ3) is 3.79. The van der Waals surface area contributed by atoms with E-state index in [9.17, 15) is 13.2 Å². The summed E-state index contributed by atoms with van der Waals surface area (Å²) in [5.74, 6) is 0.154. The van der Waals surface area contributed by atoms with E-state index in [2.05, 4.69) is 22.6 Å². The molecule has 2 aromatic carbocycles. The average molecular weight is 413 g/mol. The zero-order valence-corrected chi connectivity index (χ0v) is 13.0. The smallest absolute Gasteiger partial charge is 0.419 e.